The lowest BCUT2D eigenvalue weighted by molar-refractivity contribution is 0.400. The fourth-order valence-electron chi connectivity index (χ4n) is 1.99. The van der Waals surface area contributed by atoms with Crippen LogP contribution in [-0.2, 0) is 13.1 Å². The maximum absolute atomic E-state index is 3.94. The van der Waals surface area contributed by atoms with Gasteiger partial charge in [0.15, 0.2) is 0 Å². The van der Waals surface area contributed by atoms with Crippen molar-refractivity contribution in [3.63, 3.8) is 0 Å². The van der Waals surface area contributed by atoms with Crippen LogP contribution in [0.5, 0.6) is 0 Å². The van der Waals surface area contributed by atoms with E-state index >= 15 is 0 Å². The summed E-state index contributed by atoms with van der Waals surface area (Å²) >= 11 is 0. The van der Waals surface area contributed by atoms with Crippen LogP contribution in [0.1, 0.15) is 25.8 Å². The van der Waals surface area contributed by atoms with Crippen LogP contribution >= 0.6 is 0 Å². The lowest BCUT2D eigenvalue weighted by atomic mass is 10.2. The number of aromatic nitrogens is 2. The second-order valence-corrected chi connectivity index (χ2v) is 6.22. The average molecular weight is 393 g/mol. The Kier molecular flexibility index (Phi) is 23.7. The summed E-state index contributed by atoms with van der Waals surface area (Å²) in [6.07, 6.45) is 6.79. The van der Waals surface area contributed by atoms with Gasteiger partial charge in [-0.2, -0.15) is 0 Å². The molecule has 162 valence electrons. The molecule has 3 N–H and O–H groups in total. The summed E-state index contributed by atoms with van der Waals surface area (Å²) in [5.74, 6) is 0. The molecular weight excluding hydrogens is 348 g/mol. The molecule has 0 fully saturated rings. The van der Waals surface area contributed by atoms with Crippen molar-refractivity contribution in [3.8, 4) is 0 Å². The third-order valence-corrected chi connectivity index (χ3v) is 3.31. The van der Waals surface area contributed by atoms with E-state index in [0.29, 0.717) is 0 Å². The summed E-state index contributed by atoms with van der Waals surface area (Å²) in [4.78, 5) is 6.12. The Balaban J connectivity index is 0. The van der Waals surface area contributed by atoms with Crippen LogP contribution in [0.2, 0.25) is 0 Å². The van der Waals surface area contributed by atoms with Gasteiger partial charge in [-0.25, -0.2) is 4.98 Å². The van der Waals surface area contributed by atoms with Gasteiger partial charge in [0, 0.05) is 38.6 Å². The minimum absolute atomic E-state index is 0.967. The van der Waals surface area contributed by atoms with Crippen LogP contribution in [0, 0.1) is 0 Å². The van der Waals surface area contributed by atoms with Crippen molar-refractivity contribution in [2.45, 2.75) is 33.4 Å². The maximum atomic E-state index is 3.94. The van der Waals surface area contributed by atoms with Crippen molar-refractivity contribution in [1.29, 1.82) is 0 Å². The molecule has 1 aromatic carbocycles. The number of aryl methyl sites for hydroxylation is 1. The van der Waals surface area contributed by atoms with E-state index in [0.717, 1.165) is 39.1 Å². The molecule has 0 saturated heterocycles. The number of benzene rings is 1. The first-order valence-electron chi connectivity index (χ1n) is 10.2. The zero-order valence-corrected chi connectivity index (χ0v) is 19.2. The molecule has 0 atom stereocenters. The SMILES string of the molecule is CC.CN(C)CCNCc1ccccc1.CNC.CNCCCn1ccnc1. The minimum atomic E-state index is 0.967. The number of nitrogens with one attached hydrogen (secondary N) is 3. The lowest BCUT2D eigenvalue weighted by Crippen LogP contribution is -2.26. The molecule has 28 heavy (non-hydrogen) atoms. The van der Waals surface area contributed by atoms with Gasteiger partial charge in [0.2, 0.25) is 0 Å². The van der Waals surface area contributed by atoms with E-state index < -0.39 is 0 Å². The molecule has 2 aromatic rings. The first kappa shape index (κ1) is 28.5. The van der Waals surface area contributed by atoms with Gasteiger partial charge in [-0.15, -0.1) is 0 Å². The van der Waals surface area contributed by atoms with Gasteiger partial charge >= 0.3 is 0 Å². The first-order valence-corrected chi connectivity index (χ1v) is 10.2. The Bertz CT molecular complexity index is 485. The second kappa shape index (κ2) is 23.3. The van der Waals surface area contributed by atoms with E-state index in [2.05, 4.69) is 68.8 Å². The smallest absolute Gasteiger partial charge is 0.0945 e. The van der Waals surface area contributed by atoms with Crippen LogP contribution in [-0.4, -0.2) is 69.3 Å². The molecule has 0 amide bonds. The fourth-order valence-corrected chi connectivity index (χ4v) is 1.99. The van der Waals surface area contributed by atoms with Crippen molar-refractivity contribution in [2.75, 3.05) is 54.9 Å². The molecule has 6 nitrogen and oxygen atoms in total. The van der Waals surface area contributed by atoms with E-state index in [9.17, 15) is 0 Å². The molecule has 6 heteroatoms. The van der Waals surface area contributed by atoms with Gasteiger partial charge in [-0.05, 0) is 53.8 Å². The third-order valence-electron chi connectivity index (χ3n) is 3.31. The van der Waals surface area contributed by atoms with Gasteiger partial charge in [0.1, 0.15) is 0 Å². The number of imidazole rings is 1. The molecule has 0 aliphatic carbocycles. The topological polar surface area (TPSA) is 57.1 Å². The standard InChI is InChI=1S/C11H18N2.C7H13N3.C2H7N.C2H6/c1-13(2)9-8-12-10-11-6-4-3-5-7-11;1-8-3-2-5-10-6-4-9-7-10;1-3-2;1-2/h3-7,12H,8-10H2,1-2H3;4,6-8H,2-3,5H2,1H3;3H,1-2H3;1-2H3. The van der Waals surface area contributed by atoms with Gasteiger partial charge in [0.05, 0.1) is 6.33 Å². The Morgan fingerprint density at radius 2 is 1.64 bits per heavy atom. The Hall–Kier alpha value is -1.73. The largest absolute Gasteiger partial charge is 0.337 e. The maximum Gasteiger partial charge on any atom is 0.0945 e. The first-order chi connectivity index (χ1) is 13.6. The van der Waals surface area contributed by atoms with E-state index in [4.69, 9.17) is 0 Å². The Morgan fingerprint density at radius 3 is 2.14 bits per heavy atom. The van der Waals surface area contributed by atoms with Crippen LogP contribution in [0.3, 0.4) is 0 Å². The predicted octanol–water partition coefficient (Wildman–Crippen LogP) is 2.69. The van der Waals surface area contributed by atoms with Gasteiger partial charge in [-0.1, -0.05) is 44.2 Å². The fraction of sp³-hybridized carbons (Fsp3) is 0.591. The highest BCUT2D eigenvalue weighted by Gasteiger charge is 1.91. The minimum Gasteiger partial charge on any atom is -0.337 e. The van der Waals surface area contributed by atoms with Crippen molar-refractivity contribution in [3.05, 3.63) is 54.6 Å². The van der Waals surface area contributed by atoms with Crippen LogP contribution < -0.4 is 16.0 Å². The molecule has 1 heterocycles. The van der Waals surface area contributed by atoms with Crippen LogP contribution in [0.15, 0.2) is 49.1 Å². The summed E-state index contributed by atoms with van der Waals surface area (Å²) in [5.41, 5.74) is 1.35. The predicted molar refractivity (Wildman–Crippen MR) is 124 cm³/mol. The highest BCUT2D eigenvalue weighted by atomic mass is 15.1. The molecule has 2 rings (SSSR count). The molecule has 0 saturated carbocycles. The normalized spacial score (nSPS) is 9.43. The van der Waals surface area contributed by atoms with E-state index in [1.165, 1.54) is 5.56 Å². The molecule has 0 bridgehead atoms. The molecule has 0 aliphatic heterocycles. The van der Waals surface area contributed by atoms with Gasteiger partial charge in [0.25, 0.3) is 0 Å². The van der Waals surface area contributed by atoms with Gasteiger partial charge < -0.3 is 25.4 Å². The quantitative estimate of drug-likeness (QED) is 0.573. The molecular formula is C22H44N6. The third kappa shape index (κ3) is 20.6. The Labute approximate surface area is 173 Å². The highest BCUT2D eigenvalue weighted by molar-refractivity contribution is 5.14. The summed E-state index contributed by atoms with van der Waals surface area (Å²) in [7, 11) is 9.89. The zero-order chi connectivity index (χ0) is 21.5. The van der Waals surface area contributed by atoms with Crippen molar-refractivity contribution < 1.29 is 0 Å². The molecule has 0 radical (unpaired) electrons. The van der Waals surface area contributed by atoms with Crippen LogP contribution in [0.4, 0.5) is 0 Å². The van der Waals surface area contributed by atoms with Crippen molar-refractivity contribution in [1.82, 2.24) is 30.4 Å². The monoisotopic (exact) mass is 392 g/mol. The summed E-state index contributed by atoms with van der Waals surface area (Å²) in [6, 6.07) is 10.5. The van der Waals surface area contributed by atoms with E-state index in [1.54, 1.807) is 6.20 Å². The second-order valence-electron chi connectivity index (χ2n) is 6.22. The summed E-state index contributed by atoms with van der Waals surface area (Å²) in [6.45, 7) is 9.22. The molecule has 0 unspecified atom stereocenters. The lowest BCUT2D eigenvalue weighted by Gasteiger charge is -2.10. The van der Waals surface area contributed by atoms with Crippen molar-refractivity contribution >= 4 is 0 Å². The van der Waals surface area contributed by atoms with Crippen molar-refractivity contribution in [2.24, 2.45) is 0 Å². The van der Waals surface area contributed by atoms with Crippen LogP contribution in [0.25, 0.3) is 0 Å². The molecule has 0 aliphatic rings. The number of likely N-dealkylation sites (N-methyl/N-ethyl adjacent to an activating group) is 1. The Morgan fingerprint density at radius 1 is 1.00 bits per heavy atom. The molecule has 0 spiro atoms. The molecule has 1 aromatic heterocycles. The van der Waals surface area contributed by atoms with E-state index in [1.807, 2.05) is 53.6 Å². The zero-order valence-electron chi connectivity index (χ0n) is 19.2. The summed E-state index contributed by atoms with van der Waals surface area (Å²) in [5, 5.41) is 9.24. The van der Waals surface area contributed by atoms with E-state index in [-0.39, 0.29) is 0 Å². The number of hydrogen-bond acceptors (Lipinski definition) is 5. The number of rotatable bonds is 9. The van der Waals surface area contributed by atoms with Gasteiger partial charge in [-0.3, -0.25) is 0 Å². The average Bonchev–Trinajstić information content (AvgIpc) is 3.23. The summed E-state index contributed by atoms with van der Waals surface area (Å²) < 4.78 is 2.08. The highest BCUT2D eigenvalue weighted by Crippen LogP contribution is 1.96. The number of hydrogen-bond donors (Lipinski definition) is 3. The number of nitrogens with zero attached hydrogens (tertiary/aromatic N) is 3.